The minimum Gasteiger partial charge on any atom is -0.480 e. The van der Waals surface area contributed by atoms with Crippen LogP contribution in [0.5, 0.6) is 0 Å². The van der Waals surface area contributed by atoms with Crippen molar-refractivity contribution >= 4 is 5.97 Å². The first-order valence-corrected chi connectivity index (χ1v) is 7.02. The van der Waals surface area contributed by atoms with Gasteiger partial charge in [-0.05, 0) is 18.9 Å². The highest BCUT2D eigenvalue weighted by Gasteiger charge is 2.27. The van der Waals surface area contributed by atoms with Crippen molar-refractivity contribution in [3.63, 3.8) is 0 Å². The van der Waals surface area contributed by atoms with Gasteiger partial charge in [0.05, 0.1) is 0 Å². The lowest BCUT2D eigenvalue weighted by Crippen LogP contribution is -2.37. The third-order valence-electron chi connectivity index (χ3n) is 3.80. The maximum Gasteiger partial charge on any atom is 0.325 e. The minimum atomic E-state index is -1.20. The van der Waals surface area contributed by atoms with Crippen molar-refractivity contribution in [2.75, 3.05) is 0 Å². The predicted molar refractivity (Wildman–Crippen MR) is 71.4 cm³/mol. The fourth-order valence-electron chi connectivity index (χ4n) is 2.72. The summed E-state index contributed by atoms with van der Waals surface area (Å²) in [6.45, 7) is 0. The second-order valence-electron chi connectivity index (χ2n) is 5.27. The first-order valence-electron chi connectivity index (χ1n) is 7.02. The number of nitrogens with one attached hydrogen (secondary N) is 1. The molecule has 110 valence electrons. The second kappa shape index (κ2) is 6.79. The molecule has 2 rings (SSSR count). The molecule has 3 nitrogen and oxygen atoms in total. The summed E-state index contributed by atoms with van der Waals surface area (Å²) in [6.07, 6.45) is 6.11. The van der Waals surface area contributed by atoms with Crippen molar-refractivity contribution < 1.29 is 18.7 Å². The number of hydrogen-bond donors (Lipinski definition) is 2. The molecule has 20 heavy (non-hydrogen) atoms. The van der Waals surface area contributed by atoms with Crippen molar-refractivity contribution in [3.8, 4) is 0 Å². The van der Waals surface area contributed by atoms with Crippen LogP contribution in [-0.2, 0) is 4.79 Å². The number of carbonyl (C=O) groups is 1. The van der Waals surface area contributed by atoms with Gasteiger partial charge in [-0.2, -0.15) is 0 Å². The lowest BCUT2D eigenvalue weighted by Gasteiger charge is -2.22. The summed E-state index contributed by atoms with van der Waals surface area (Å²) in [5.41, 5.74) is -0.137. The highest BCUT2D eigenvalue weighted by Crippen LogP contribution is 2.24. The molecular weight excluding hydrogens is 264 g/mol. The molecular formula is C15H19F2NO2. The smallest absolute Gasteiger partial charge is 0.325 e. The van der Waals surface area contributed by atoms with E-state index >= 15 is 0 Å². The third kappa shape index (κ3) is 3.54. The fraction of sp³-hybridized carbons (Fsp3) is 0.533. The number of halogens is 2. The molecule has 1 aromatic carbocycles. The van der Waals surface area contributed by atoms with E-state index in [0.717, 1.165) is 44.6 Å². The first-order chi connectivity index (χ1) is 9.59. The van der Waals surface area contributed by atoms with Gasteiger partial charge >= 0.3 is 5.97 Å². The maximum atomic E-state index is 13.8. The Morgan fingerprint density at radius 1 is 1.20 bits per heavy atom. The Morgan fingerprint density at radius 3 is 2.45 bits per heavy atom. The van der Waals surface area contributed by atoms with Crippen LogP contribution >= 0.6 is 0 Å². The van der Waals surface area contributed by atoms with Crippen LogP contribution < -0.4 is 5.32 Å². The van der Waals surface area contributed by atoms with Crippen LogP contribution in [0.2, 0.25) is 0 Å². The van der Waals surface area contributed by atoms with Gasteiger partial charge in [-0.3, -0.25) is 10.1 Å². The maximum absolute atomic E-state index is 13.8. The molecule has 0 spiro atoms. The van der Waals surface area contributed by atoms with E-state index in [4.69, 9.17) is 0 Å². The van der Waals surface area contributed by atoms with E-state index in [9.17, 15) is 18.7 Å². The Labute approximate surface area is 117 Å². The summed E-state index contributed by atoms with van der Waals surface area (Å²) < 4.78 is 27.0. The van der Waals surface area contributed by atoms with E-state index in [2.05, 4.69) is 5.32 Å². The highest BCUT2D eigenvalue weighted by atomic mass is 19.2. The summed E-state index contributed by atoms with van der Waals surface area (Å²) in [5.74, 6) is -3.28. The Balaban J connectivity index is 2.18. The molecule has 1 saturated carbocycles. The SMILES string of the molecule is O=C(O)C(NC1CCCCCC1)c1cccc(F)c1F. The molecule has 0 bridgehead atoms. The van der Waals surface area contributed by atoms with Gasteiger partial charge in [0.2, 0.25) is 0 Å². The monoisotopic (exact) mass is 283 g/mol. The molecule has 0 amide bonds. The molecule has 2 N–H and O–H groups in total. The molecule has 1 aliphatic carbocycles. The van der Waals surface area contributed by atoms with Crippen molar-refractivity contribution in [2.24, 2.45) is 0 Å². The number of benzene rings is 1. The van der Waals surface area contributed by atoms with Gasteiger partial charge in [-0.1, -0.05) is 37.8 Å². The molecule has 0 heterocycles. The molecule has 0 radical (unpaired) electrons. The molecule has 0 aliphatic heterocycles. The van der Waals surface area contributed by atoms with Crippen LogP contribution in [0, 0.1) is 11.6 Å². The van der Waals surface area contributed by atoms with Crippen LogP contribution in [-0.4, -0.2) is 17.1 Å². The summed E-state index contributed by atoms with van der Waals surface area (Å²) in [6, 6.07) is 2.48. The van der Waals surface area contributed by atoms with Crippen LogP contribution in [0.3, 0.4) is 0 Å². The summed E-state index contributed by atoms with van der Waals surface area (Å²) in [5, 5.41) is 12.3. The van der Waals surface area contributed by atoms with Gasteiger partial charge < -0.3 is 5.11 Å². The van der Waals surface area contributed by atoms with Gasteiger partial charge in [-0.15, -0.1) is 0 Å². The average Bonchev–Trinajstić information content (AvgIpc) is 2.68. The van der Waals surface area contributed by atoms with Crippen molar-refractivity contribution in [3.05, 3.63) is 35.4 Å². The predicted octanol–water partition coefficient (Wildman–Crippen LogP) is 3.40. The minimum absolute atomic E-state index is 0.0428. The largest absolute Gasteiger partial charge is 0.480 e. The molecule has 1 aliphatic rings. The van der Waals surface area contributed by atoms with E-state index < -0.39 is 23.6 Å². The molecule has 0 aromatic heterocycles. The summed E-state index contributed by atoms with van der Waals surface area (Å²) >= 11 is 0. The number of carboxylic acid groups (broad SMARTS) is 1. The Kier molecular flexibility index (Phi) is 5.06. The van der Waals surface area contributed by atoms with Crippen LogP contribution in [0.15, 0.2) is 18.2 Å². The lowest BCUT2D eigenvalue weighted by atomic mass is 10.0. The zero-order chi connectivity index (χ0) is 14.5. The van der Waals surface area contributed by atoms with E-state index in [1.807, 2.05) is 0 Å². The summed E-state index contributed by atoms with van der Waals surface area (Å²) in [4.78, 5) is 11.4. The van der Waals surface area contributed by atoms with E-state index in [0.29, 0.717) is 0 Å². The number of hydrogen-bond acceptors (Lipinski definition) is 2. The molecule has 5 heteroatoms. The zero-order valence-corrected chi connectivity index (χ0v) is 11.2. The van der Waals surface area contributed by atoms with Gasteiger partial charge in [-0.25, -0.2) is 8.78 Å². The topological polar surface area (TPSA) is 49.3 Å². The third-order valence-corrected chi connectivity index (χ3v) is 3.80. The summed E-state index contributed by atoms with van der Waals surface area (Å²) in [7, 11) is 0. The Hall–Kier alpha value is -1.49. The fourth-order valence-corrected chi connectivity index (χ4v) is 2.72. The first kappa shape index (κ1) is 14.9. The molecule has 1 unspecified atom stereocenters. The molecule has 0 saturated heterocycles. The van der Waals surface area contributed by atoms with Crippen LogP contribution in [0.25, 0.3) is 0 Å². The Bertz CT molecular complexity index is 471. The Morgan fingerprint density at radius 2 is 1.85 bits per heavy atom. The van der Waals surface area contributed by atoms with Crippen LogP contribution in [0.4, 0.5) is 8.78 Å². The van der Waals surface area contributed by atoms with Gasteiger partial charge in [0, 0.05) is 11.6 Å². The van der Waals surface area contributed by atoms with Crippen molar-refractivity contribution in [2.45, 2.75) is 50.6 Å². The average molecular weight is 283 g/mol. The van der Waals surface area contributed by atoms with Crippen molar-refractivity contribution in [1.29, 1.82) is 0 Å². The van der Waals surface area contributed by atoms with Crippen molar-refractivity contribution in [1.82, 2.24) is 5.32 Å². The van der Waals surface area contributed by atoms with E-state index in [1.165, 1.54) is 12.1 Å². The molecule has 1 aromatic rings. The number of rotatable bonds is 4. The molecule has 1 atom stereocenters. The quantitative estimate of drug-likeness (QED) is 0.833. The van der Waals surface area contributed by atoms with E-state index in [-0.39, 0.29) is 11.6 Å². The second-order valence-corrected chi connectivity index (χ2v) is 5.27. The standard InChI is InChI=1S/C15H19F2NO2/c16-12-9-5-8-11(13(12)17)14(15(19)20)18-10-6-3-1-2-4-7-10/h5,8-10,14,18H,1-4,6-7H2,(H,19,20). The van der Waals surface area contributed by atoms with E-state index in [1.54, 1.807) is 0 Å². The number of aliphatic carboxylic acids is 1. The van der Waals surface area contributed by atoms with Gasteiger partial charge in [0.15, 0.2) is 11.6 Å². The van der Waals surface area contributed by atoms with Gasteiger partial charge in [0.25, 0.3) is 0 Å². The highest BCUT2D eigenvalue weighted by molar-refractivity contribution is 5.75. The lowest BCUT2D eigenvalue weighted by molar-refractivity contribution is -0.140. The van der Waals surface area contributed by atoms with Gasteiger partial charge in [0.1, 0.15) is 6.04 Å². The number of carboxylic acids is 1. The normalized spacial score (nSPS) is 18.5. The van der Waals surface area contributed by atoms with Crippen LogP contribution in [0.1, 0.15) is 50.1 Å². The molecule has 1 fully saturated rings. The zero-order valence-electron chi connectivity index (χ0n) is 11.2.